The second-order valence-corrected chi connectivity index (χ2v) is 12.3. The van der Waals surface area contributed by atoms with Gasteiger partial charge in [-0.2, -0.15) is 0 Å². The van der Waals surface area contributed by atoms with E-state index < -0.39 is 155 Å². The van der Waals surface area contributed by atoms with E-state index in [9.17, 15) is 50.8 Å². The molecule has 4 aliphatic heterocycles. The highest BCUT2D eigenvalue weighted by Gasteiger charge is 2.55. The Labute approximate surface area is 280 Å². The van der Waals surface area contributed by atoms with Crippen LogP contribution in [0.3, 0.4) is 0 Å². The van der Waals surface area contributed by atoms with Crippen LogP contribution in [0.1, 0.15) is 6.92 Å². The molecule has 4 saturated heterocycles. The topological polar surface area (TPSA) is 363 Å². The predicted molar refractivity (Wildman–Crippen MR) is 156 cm³/mol. The smallest absolute Gasteiger partial charge is 0.217 e. The maximum Gasteiger partial charge on any atom is 0.217 e. The van der Waals surface area contributed by atoms with E-state index in [-0.39, 0.29) is 0 Å². The first-order chi connectivity index (χ1) is 23.2. The van der Waals surface area contributed by atoms with Gasteiger partial charge in [0, 0.05) is 14.0 Å². The van der Waals surface area contributed by atoms with Crippen LogP contribution in [-0.2, 0) is 42.7 Å². The summed E-state index contributed by atoms with van der Waals surface area (Å²) in [5.41, 5.74) is 18.1. The van der Waals surface area contributed by atoms with E-state index >= 15 is 0 Å². The second-order valence-electron chi connectivity index (χ2n) is 12.3. The molecule has 4 heterocycles. The Bertz CT molecular complexity index is 1050. The number of carbonyl (C=O) groups excluding carboxylic acids is 1. The third-order valence-corrected chi connectivity index (χ3v) is 9.09. The maximum atomic E-state index is 12.2. The van der Waals surface area contributed by atoms with Crippen molar-refractivity contribution in [2.45, 2.75) is 129 Å². The van der Waals surface area contributed by atoms with E-state index in [0.717, 1.165) is 6.92 Å². The van der Waals surface area contributed by atoms with Gasteiger partial charge in [0.25, 0.3) is 0 Å². The minimum atomic E-state index is -1.72. The summed E-state index contributed by atoms with van der Waals surface area (Å²) in [6.45, 7) is -1.75. The van der Waals surface area contributed by atoms with Gasteiger partial charge in [-0.1, -0.05) is 0 Å². The number of aliphatic hydroxyl groups excluding tert-OH is 9. The van der Waals surface area contributed by atoms with Crippen molar-refractivity contribution in [1.82, 2.24) is 5.32 Å². The van der Waals surface area contributed by atoms with E-state index in [4.69, 9.17) is 55.1 Å². The van der Waals surface area contributed by atoms with Crippen LogP contribution in [0.15, 0.2) is 0 Å². The molecule has 0 spiro atoms. The molecule has 1 amide bonds. The molecule has 0 aromatic heterocycles. The van der Waals surface area contributed by atoms with Crippen molar-refractivity contribution in [2.75, 3.05) is 33.5 Å². The Balaban J connectivity index is 1.51. The fourth-order valence-electron chi connectivity index (χ4n) is 6.35. The number of hydrogen-bond acceptors (Lipinski definition) is 21. The Hall–Kier alpha value is -1.33. The lowest BCUT2D eigenvalue weighted by atomic mass is 9.93. The summed E-state index contributed by atoms with van der Waals surface area (Å²) in [5.74, 6) is -0.661. The molecule has 10 unspecified atom stereocenters. The summed E-state index contributed by atoms with van der Waals surface area (Å²) in [7, 11) is 1.28. The van der Waals surface area contributed by atoms with Gasteiger partial charge in [-0.05, 0) is 0 Å². The molecular formula is C27H50N4O18. The molecular weight excluding hydrogens is 668 g/mol. The van der Waals surface area contributed by atoms with Crippen molar-refractivity contribution in [2.24, 2.45) is 17.2 Å². The standard InChI is InChI=1S/C27H50N4O18/c1-7(36)31-15-19(40)23(48-25-13(29)17(38)20(42-2)8(3-32)44-25)11(6-35)46-27(15)49-22-10(5-34)45-26(14(30)18(22)39)47-21-9(4-33)43-24(41)12(28)16(21)37/h8-27,32-35,37-41H,3-6,28-30H2,1-2H3,(H,31,36)/t8-,9?,10-,11?,12-,13?,14?,15-,16-,17?,18?,19-,20+,21?,22+,23?,24+,25?,26?,27-/m0/s1. The number of aliphatic hydroxyl groups is 9. The zero-order chi connectivity index (χ0) is 36.3. The van der Waals surface area contributed by atoms with E-state index in [1.165, 1.54) is 7.11 Å². The minimum absolute atomic E-state index is 0.584. The van der Waals surface area contributed by atoms with Crippen molar-refractivity contribution in [1.29, 1.82) is 0 Å². The van der Waals surface area contributed by atoms with Crippen LogP contribution in [0.25, 0.3) is 0 Å². The number of nitrogens with one attached hydrogen (secondary N) is 1. The highest BCUT2D eigenvalue weighted by molar-refractivity contribution is 5.73. The van der Waals surface area contributed by atoms with Crippen LogP contribution >= 0.6 is 0 Å². The number of amides is 1. The highest BCUT2D eigenvalue weighted by Crippen LogP contribution is 2.33. The van der Waals surface area contributed by atoms with E-state index in [1.807, 2.05) is 0 Å². The quantitative estimate of drug-likeness (QED) is 0.0890. The average molecular weight is 719 g/mol. The van der Waals surface area contributed by atoms with Crippen molar-refractivity contribution in [3.05, 3.63) is 0 Å². The molecule has 4 aliphatic rings. The molecule has 0 aliphatic carbocycles. The van der Waals surface area contributed by atoms with Crippen molar-refractivity contribution >= 4 is 5.91 Å². The van der Waals surface area contributed by atoms with Gasteiger partial charge in [-0.15, -0.1) is 0 Å². The molecule has 22 heteroatoms. The SMILES string of the molecule is CO[C@H]1C(O)C(N)C(OC2C(CO)O[C@@H](O[C@H]3C(O)C(N)C(OC4C(CO)O[C@@H](O)[C@@H](N)[C@@H]4O)O[C@H]3CO)[C@@H](NC(C)=O)[C@@H]2O)O[C@H]1CO. The molecule has 22 nitrogen and oxygen atoms in total. The summed E-state index contributed by atoms with van der Waals surface area (Å²) in [4.78, 5) is 12.2. The molecule has 0 aromatic rings. The van der Waals surface area contributed by atoms with Crippen LogP contribution in [0.5, 0.6) is 0 Å². The Kier molecular flexibility index (Phi) is 14.4. The average Bonchev–Trinajstić information content (AvgIpc) is 3.08. The van der Waals surface area contributed by atoms with Gasteiger partial charge < -0.3 is 106 Å². The first-order valence-corrected chi connectivity index (χ1v) is 15.7. The molecule has 0 bridgehead atoms. The Morgan fingerprint density at radius 1 is 0.592 bits per heavy atom. The predicted octanol–water partition coefficient (Wildman–Crippen LogP) is -9.05. The number of ether oxygens (including phenoxy) is 8. The summed E-state index contributed by atoms with van der Waals surface area (Å²) < 4.78 is 45.2. The molecule has 0 saturated carbocycles. The third kappa shape index (κ3) is 8.50. The van der Waals surface area contributed by atoms with Crippen LogP contribution in [-0.4, -0.2) is 208 Å². The molecule has 286 valence electrons. The van der Waals surface area contributed by atoms with Crippen LogP contribution < -0.4 is 22.5 Å². The third-order valence-electron chi connectivity index (χ3n) is 9.09. The summed E-state index contributed by atoms with van der Waals surface area (Å²) in [5, 5.41) is 96.1. The normalized spacial score (nSPS) is 49.4. The Morgan fingerprint density at radius 2 is 0.959 bits per heavy atom. The fraction of sp³-hybridized carbons (Fsp3) is 0.963. The zero-order valence-corrected chi connectivity index (χ0v) is 26.8. The van der Waals surface area contributed by atoms with Crippen molar-refractivity contribution in [3.63, 3.8) is 0 Å². The fourth-order valence-corrected chi connectivity index (χ4v) is 6.35. The molecule has 0 aromatic carbocycles. The monoisotopic (exact) mass is 718 g/mol. The maximum absolute atomic E-state index is 12.2. The number of rotatable bonds is 12. The lowest BCUT2D eigenvalue weighted by Gasteiger charge is -2.50. The minimum Gasteiger partial charge on any atom is -0.394 e. The molecule has 0 radical (unpaired) electrons. The molecule has 4 fully saturated rings. The zero-order valence-electron chi connectivity index (χ0n) is 26.8. The number of hydrogen-bond donors (Lipinski definition) is 13. The summed E-state index contributed by atoms with van der Waals surface area (Å²) in [6.07, 6.45) is -23.2. The molecule has 49 heavy (non-hydrogen) atoms. The molecule has 20 atom stereocenters. The van der Waals surface area contributed by atoms with E-state index in [1.54, 1.807) is 0 Å². The second kappa shape index (κ2) is 17.5. The lowest BCUT2D eigenvalue weighted by molar-refractivity contribution is -0.360. The first-order valence-electron chi connectivity index (χ1n) is 15.7. The molecule has 16 N–H and O–H groups in total. The van der Waals surface area contributed by atoms with Gasteiger partial charge in [0.05, 0.1) is 44.6 Å². The Morgan fingerprint density at radius 3 is 1.41 bits per heavy atom. The molecule has 4 rings (SSSR count). The van der Waals surface area contributed by atoms with Gasteiger partial charge in [-0.3, -0.25) is 4.79 Å². The van der Waals surface area contributed by atoms with Crippen molar-refractivity contribution < 1.29 is 88.6 Å². The van der Waals surface area contributed by atoms with E-state index in [0.29, 0.717) is 0 Å². The van der Waals surface area contributed by atoms with Crippen molar-refractivity contribution in [3.8, 4) is 0 Å². The van der Waals surface area contributed by atoms with Gasteiger partial charge in [-0.25, -0.2) is 0 Å². The summed E-state index contributed by atoms with van der Waals surface area (Å²) >= 11 is 0. The number of methoxy groups -OCH3 is 1. The number of carbonyl (C=O) groups is 1. The highest BCUT2D eigenvalue weighted by atomic mass is 16.8. The lowest BCUT2D eigenvalue weighted by Crippen LogP contribution is -2.71. The van der Waals surface area contributed by atoms with Gasteiger partial charge >= 0.3 is 0 Å². The van der Waals surface area contributed by atoms with E-state index in [2.05, 4.69) is 5.32 Å². The van der Waals surface area contributed by atoms with Crippen LogP contribution in [0.2, 0.25) is 0 Å². The first kappa shape index (κ1) is 40.4. The largest absolute Gasteiger partial charge is 0.394 e. The number of nitrogens with two attached hydrogens (primary N) is 3. The van der Waals surface area contributed by atoms with Gasteiger partial charge in [0.15, 0.2) is 25.2 Å². The van der Waals surface area contributed by atoms with Gasteiger partial charge in [0.1, 0.15) is 79.3 Å². The van der Waals surface area contributed by atoms with Crippen LogP contribution in [0.4, 0.5) is 0 Å². The van der Waals surface area contributed by atoms with Gasteiger partial charge in [0.2, 0.25) is 5.91 Å². The summed E-state index contributed by atoms with van der Waals surface area (Å²) in [6, 6.07) is -5.50. The van der Waals surface area contributed by atoms with Crippen LogP contribution in [0, 0.1) is 0 Å².